The summed E-state index contributed by atoms with van der Waals surface area (Å²) in [4.78, 5) is 42.3. The van der Waals surface area contributed by atoms with Gasteiger partial charge in [-0.3, -0.25) is 4.98 Å². The molecule has 3 rings (SSSR count). The van der Waals surface area contributed by atoms with Crippen molar-refractivity contribution in [1.82, 2.24) is 4.98 Å². The van der Waals surface area contributed by atoms with Crippen molar-refractivity contribution in [2.75, 3.05) is 20.0 Å². The van der Waals surface area contributed by atoms with Crippen LogP contribution in [0.3, 0.4) is 0 Å². The molecule has 3 aromatic rings. The van der Waals surface area contributed by atoms with E-state index in [1.165, 1.54) is 14.2 Å². The first-order valence-corrected chi connectivity index (χ1v) is 10.3. The maximum atomic E-state index is 12.6. The molecule has 0 saturated carbocycles. The zero-order valence-corrected chi connectivity index (χ0v) is 18.0. The molecule has 3 heterocycles. The number of nitrogens with zero attached hydrogens (tertiary/aromatic N) is 1. The normalized spacial score (nSPS) is 10.5. The maximum absolute atomic E-state index is 12.6. The fourth-order valence-electron chi connectivity index (χ4n) is 2.76. The van der Waals surface area contributed by atoms with Crippen molar-refractivity contribution >= 4 is 45.6 Å². The van der Waals surface area contributed by atoms with Crippen LogP contribution in [0.2, 0.25) is 0 Å². The molecule has 8 nitrogen and oxygen atoms in total. The molecule has 0 bridgehead atoms. The third-order valence-electron chi connectivity index (χ3n) is 4.22. The third kappa shape index (κ3) is 4.19. The molecule has 10 heteroatoms. The van der Waals surface area contributed by atoms with Crippen LogP contribution in [0.4, 0.5) is 5.00 Å². The Balaban J connectivity index is 1.85. The average molecular weight is 447 g/mol. The minimum absolute atomic E-state index is 0.0152. The molecule has 0 fully saturated rings. The molecule has 0 aromatic carbocycles. The summed E-state index contributed by atoms with van der Waals surface area (Å²) in [6, 6.07) is 7.22. The van der Waals surface area contributed by atoms with E-state index in [4.69, 9.17) is 19.9 Å². The molecular formula is C20H18N2O6S2. The van der Waals surface area contributed by atoms with Crippen molar-refractivity contribution in [2.24, 2.45) is 0 Å². The van der Waals surface area contributed by atoms with Crippen molar-refractivity contribution in [2.45, 2.75) is 13.5 Å². The molecule has 0 amide bonds. The first-order valence-electron chi connectivity index (χ1n) is 8.63. The number of hydrogen-bond donors (Lipinski definition) is 1. The van der Waals surface area contributed by atoms with Gasteiger partial charge in [-0.2, -0.15) is 0 Å². The van der Waals surface area contributed by atoms with E-state index in [1.54, 1.807) is 30.4 Å². The smallest absolute Gasteiger partial charge is 0.348 e. The fraction of sp³-hybridized carbons (Fsp3) is 0.200. The van der Waals surface area contributed by atoms with Crippen molar-refractivity contribution in [3.8, 4) is 10.6 Å². The van der Waals surface area contributed by atoms with Crippen LogP contribution in [0.15, 0.2) is 29.6 Å². The summed E-state index contributed by atoms with van der Waals surface area (Å²) in [5.74, 6) is -2.07. The van der Waals surface area contributed by atoms with E-state index < -0.39 is 17.9 Å². The van der Waals surface area contributed by atoms with Gasteiger partial charge in [0.25, 0.3) is 0 Å². The largest absolute Gasteiger partial charge is 0.465 e. The number of ether oxygens (including phenoxy) is 3. The lowest BCUT2D eigenvalue weighted by Gasteiger charge is -2.10. The van der Waals surface area contributed by atoms with Crippen LogP contribution in [-0.4, -0.2) is 37.1 Å². The van der Waals surface area contributed by atoms with Crippen molar-refractivity contribution in [3.05, 3.63) is 56.9 Å². The number of aromatic nitrogens is 1. The number of aryl methyl sites for hydroxylation is 1. The molecule has 0 radical (unpaired) electrons. The topological polar surface area (TPSA) is 118 Å². The van der Waals surface area contributed by atoms with Gasteiger partial charge in [0.05, 0.1) is 36.0 Å². The van der Waals surface area contributed by atoms with Gasteiger partial charge < -0.3 is 19.9 Å². The monoisotopic (exact) mass is 446 g/mol. The van der Waals surface area contributed by atoms with Gasteiger partial charge in [0.15, 0.2) is 0 Å². The number of rotatable bonds is 6. The lowest BCUT2D eigenvalue weighted by Crippen LogP contribution is -2.13. The highest BCUT2D eigenvalue weighted by molar-refractivity contribution is 7.18. The highest BCUT2D eigenvalue weighted by Gasteiger charge is 2.28. The van der Waals surface area contributed by atoms with Crippen LogP contribution >= 0.6 is 22.7 Å². The predicted octanol–water partition coefficient (Wildman–Crippen LogP) is 3.69. The molecule has 30 heavy (non-hydrogen) atoms. The van der Waals surface area contributed by atoms with Crippen molar-refractivity contribution in [1.29, 1.82) is 0 Å². The predicted molar refractivity (Wildman–Crippen MR) is 113 cm³/mol. The molecule has 0 aliphatic heterocycles. The van der Waals surface area contributed by atoms with Gasteiger partial charge in [-0.1, -0.05) is 6.07 Å². The van der Waals surface area contributed by atoms with Crippen LogP contribution in [0.1, 0.15) is 41.6 Å². The molecule has 156 valence electrons. The number of carbonyl (C=O) groups excluding carboxylic acids is 3. The lowest BCUT2D eigenvalue weighted by atomic mass is 10.1. The van der Waals surface area contributed by atoms with Gasteiger partial charge in [-0.25, -0.2) is 14.4 Å². The van der Waals surface area contributed by atoms with E-state index in [9.17, 15) is 14.4 Å². The van der Waals surface area contributed by atoms with E-state index >= 15 is 0 Å². The van der Waals surface area contributed by atoms with Gasteiger partial charge in [0.1, 0.15) is 22.0 Å². The molecule has 2 N–H and O–H groups in total. The lowest BCUT2D eigenvalue weighted by molar-refractivity contribution is 0.0451. The van der Waals surface area contributed by atoms with E-state index in [1.807, 2.05) is 17.5 Å². The zero-order chi connectivity index (χ0) is 21.8. The quantitative estimate of drug-likeness (QED) is 0.450. The van der Waals surface area contributed by atoms with Gasteiger partial charge in [0, 0.05) is 5.56 Å². The Hall–Kier alpha value is -3.24. The second kappa shape index (κ2) is 9.06. The summed E-state index contributed by atoms with van der Waals surface area (Å²) < 4.78 is 14.8. The number of thiophene rings is 2. The minimum atomic E-state index is -0.733. The van der Waals surface area contributed by atoms with Crippen LogP contribution in [0.5, 0.6) is 0 Å². The number of carbonyl (C=O) groups is 3. The fourth-order valence-corrected chi connectivity index (χ4v) is 4.43. The number of pyridine rings is 1. The number of methoxy groups -OCH3 is 2. The van der Waals surface area contributed by atoms with Gasteiger partial charge in [-0.05, 0) is 30.5 Å². The standard InChI is InChI=1S/C20H18N2O6S2/c1-10-11(6-7-13(22-10)14-5-4-8-29-14)18(23)28-9-12-15(19(24)26-2)17(21)30-16(12)20(25)27-3/h4-8H,9,21H2,1-3H3. The van der Waals surface area contributed by atoms with Crippen LogP contribution in [-0.2, 0) is 20.8 Å². The molecular weight excluding hydrogens is 428 g/mol. The Morgan fingerprint density at radius 1 is 1.07 bits per heavy atom. The molecule has 0 saturated heterocycles. The number of anilines is 1. The Bertz CT molecular complexity index is 1100. The van der Waals surface area contributed by atoms with Crippen LogP contribution < -0.4 is 5.73 Å². The SMILES string of the molecule is COC(=O)c1sc(N)c(C(=O)OC)c1COC(=O)c1ccc(-c2cccs2)nc1C. The number of nitrogens with two attached hydrogens (primary N) is 1. The first-order chi connectivity index (χ1) is 14.4. The molecule has 0 aliphatic rings. The van der Waals surface area contributed by atoms with Crippen LogP contribution in [0, 0.1) is 6.92 Å². The van der Waals surface area contributed by atoms with Crippen molar-refractivity contribution < 1.29 is 28.6 Å². The van der Waals surface area contributed by atoms with E-state index in [0.717, 1.165) is 21.9 Å². The highest BCUT2D eigenvalue weighted by Crippen LogP contribution is 2.33. The Labute approximate surface area is 180 Å². The summed E-state index contributed by atoms with van der Waals surface area (Å²) in [5.41, 5.74) is 7.53. The second-order valence-electron chi connectivity index (χ2n) is 6.02. The molecule has 0 aliphatic carbocycles. The minimum Gasteiger partial charge on any atom is -0.465 e. The number of esters is 3. The first kappa shape index (κ1) is 21.5. The van der Waals surface area contributed by atoms with E-state index in [0.29, 0.717) is 5.69 Å². The average Bonchev–Trinajstić information content (AvgIpc) is 3.39. The zero-order valence-electron chi connectivity index (χ0n) is 16.4. The van der Waals surface area contributed by atoms with Gasteiger partial charge in [-0.15, -0.1) is 22.7 Å². The summed E-state index contributed by atoms with van der Waals surface area (Å²) >= 11 is 2.41. The number of nitrogen functional groups attached to an aromatic ring is 1. The number of hydrogen-bond acceptors (Lipinski definition) is 10. The maximum Gasteiger partial charge on any atom is 0.348 e. The summed E-state index contributed by atoms with van der Waals surface area (Å²) in [7, 11) is 2.40. The highest BCUT2D eigenvalue weighted by atomic mass is 32.1. The summed E-state index contributed by atoms with van der Waals surface area (Å²) in [6.45, 7) is 1.35. The van der Waals surface area contributed by atoms with Crippen LogP contribution in [0.25, 0.3) is 10.6 Å². The Morgan fingerprint density at radius 3 is 2.40 bits per heavy atom. The van der Waals surface area contributed by atoms with E-state index in [2.05, 4.69) is 4.98 Å². The Kier molecular flexibility index (Phi) is 6.48. The van der Waals surface area contributed by atoms with Crippen molar-refractivity contribution in [3.63, 3.8) is 0 Å². The molecule has 0 spiro atoms. The Morgan fingerprint density at radius 2 is 1.80 bits per heavy atom. The molecule has 0 unspecified atom stereocenters. The van der Waals surface area contributed by atoms with Gasteiger partial charge in [0.2, 0.25) is 0 Å². The molecule has 3 aromatic heterocycles. The summed E-state index contributed by atoms with van der Waals surface area (Å²) in [5, 5.41) is 2.02. The van der Waals surface area contributed by atoms with Gasteiger partial charge >= 0.3 is 17.9 Å². The van der Waals surface area contributed by atoms with E-state index in [-0.39, 0.29) is 33.2 Å². The molecule has 0 atom stereocenters. The summed E-state index contributed by atoms with van der Waals surface area (Å²) in [6.07, 6.45) is 0. The second-order valence-corrected chi connectivity index (χ2v) is 8.01. The third-order valence-corrected chi connectivity index (χ3v) is 6.16.